The lowest BCUT2D eigenvalue weighted by atomic mass is 9.86. The van der Waals surface area contributed by atoms with Gasteiger partial charge in [-0.2, -0.15) is 8.78 Å². The highest BCUT2D eigenvalue weighted by Gasteiger charge is 2.41. The van der Waals surface area contributed by atoms with E-state index >= 15 is 0 Å². The van der Waals surface area contributed by atoms with E-state index in [2.05, 4.69) is 9.72 Å². The number of carboxylic acids is 1. The third kappa shape index (κ3) is 3.73. The zero-order valence-corrected chi connectivity index (χ0v) is 14.0. The SMILES string of the molecule is C[C@@H](OC(F)F)C1Oc2nccc(-c3cccc(F)c3F)c2CC1C(=O)O. The van der Waals surface area contributed by atoms with Crippen LogP contribution in [0.4, 0.5) is 17.6 Å². The van der Waals surface area contributed by atoms with E-state index in [1.807, 2.05) is 0 Å². The summed E-state index contributed by atoms with van der Waals surface area (Å²) in [5.74, 6) is -4.69. The Morgan fingerprint density at radius 1 is 1.30 bits per heavy atom. The molecule has 2 aromatic rings. The van der Waals surface area contributed by atoms with Crippen molar-refractivity contribution in [2.75, 3.05) is 0 Å². The van der Waals surface area contributed by atoms with Crippen LogP contribution in [0, 0.1) is 17.6 Å². The van der Waals surface area contributed by atoms with Crippen molar-refractivity contribution in [3.63, 3.8) is 0 Å². The normalized spacial score (nSPS) is 20.1. The Balaban J connectivity index is 2.05. The highest BCUT2D eigenvalue weighted by molar-refractivity contribution is 5.75. The van der Waals surface area contributed by atoms with Crippen LogP contribution in [0.1, 0.15) is 12.5 Å². The highest BCUT2D eigenvalue weighted by Crippen LogP contribution is 2.39. The van der Waals surface area contributed by atoms with Crippen molar-refractivity contribution in [2.24, 2.45) is 5.92 Å². The van der Waals surface area contributed by atoms with Gasteiger partial charge in [0.2, 0.25) is 5.88 Å². The van der Waals surface area contributed by atoms with Crippen molar-refractivity contribution in [1.82, 2.24) is 4.98 Å². The molecule has 5 nitrogen and oxygen atoms in total. The molecule has 0 radical (unpaired) electrons. The number of carbonyl (C=O) groups is 1. The van der Waals surface area contributed by atoms with Gasteiger partial charge in [0.15, 0.2) is 11.6 Å². The van der Waals surface area contributed by atoms with E-state index in [0.29, 0.717) is 0 Å². The summed E-state index contributed by atoms with van der Waals surface area (Å²) in [6.07, 6.45) is -1.32. The van der Waals surface area contributed by atoms with E-state index in [1.54, 1.807) is 0 Å². The smallest absolute Gasteiger partial charge is 0.345 e. The third-order valence-electron chi connectivity index (χ3n) is 4.42. The Hall–Kier alpha value is -2.68. The first-order valence-electron chi connectivity index (χ1n) is 8.05. The zero-order chi connectivity index (χ0) is 19.7. The molecule has 0 saturated heterocycles. The summed E-state index contributed by atoms with van der Waals surface area (Å²) in [6, 6.07) is 5.04. The fraction of sp³-hybridized carbons (Fsp3) is 0.333. The van der Waals surface area contributed by atoms with E-state index in [9.17, 15) is 27.5 Å². The number of hydrogen-bond acceptors (Lipinski definition) is 4. The summed E-state index contributed by atoms with van der Waals surface area (Å²) in [5, 5.41) is 9.50. The molecule has 1 aromatic heterocycles. The van der Waals surface area contributed by atoms with Crippen LogP contribution in [0.2, 0.25) is 0 Å². The molecule has 1 aromatic carbocycles. The third-order valence-corrected chi connectivity index (χ3v) is 4.42. The van der Waals surface area contributed by atoms with Gasteiger partial charge in [-0.25, -0.2) is 13.8 Å². The number of rotatable bonds is 5. The highest BCUT2D eigenvalue weighted by atomic mass is 19.3. The van der Waals surface area contributed by atoms with E-state index in [0.717, 1.165) is 6.07 Å². The van der Waals surface area contributed by atoms with Gasteiger partial charge in [0.1, 0.15) is 12.0 Å². The second kappa shape index (κ2) is 7.51. The van der Waals surface area contributed by atoms with E-state index in [1.165, 1.54) is 31.3 Å². The molecule has 1 aliphatic heterocycles. The minimum absolute atomic E-state index is 0.0247. The monoisotopic (exact) mass is 385 g/mol. The Morgan fingerprint density at radius 3 is 2.70 bits per heavy atom. The summed E-state index contributed by atoms with van der Waals surface area (Å²) >= 11 is 0. The van der Waals surface area contributed by atoms with Gasteiger partial charge in [-0.05, 0) is 31.0 Å². The van der Waals surface area contributed by atoms with Crippen LogP contribution >= 0.6 is 0 Å². The number of nitrogens with zero attached hydrogens (tertiary/aromatic N) is 1. The molecule has 9 heteroatoms. The molecule has 0 bridgehead atoms. The Bertz CT molecular complexity index is 861. The van der Waals surface area contributed by atoms with Crippen molar-refractivity contribution < 1.29 is 36.9 Å². The molecule has 0 saturated carbocycles. The standard InChI is InChI=1S/C18H15F4NO4/c1-8(26-18(21)22)15-12(17(24)25)7-11-9(5-6-23-16(11)27-15)10-3-2-4-13(19)14(10)20/h2-6,8,12,15,18H,7H2,1H3,(H,24,25)/t8-,12?,15?/m1/s1. The predicted octanol–water partition coefficient (Wildman–Crippen LogP) is 3.66. The molecule has 1 N–H and O–H groups in total. The topological polar surface area (TPSA) is 68.7 Å². The van der Waals surface area contributed by atoms with Crippen LogP contribution in [0.3, 0.4) is 0 Å². The van der Waals surface area contributed by atoms with Gasteiger partial charge in [0.05, 0.1) is 6.10 Å². The summed E-state index contributed by atoms with van der Waals surface area (Å²) in [6.45, 7) is -1.83. The lowest BCUT2D eigenvalue weighted by molar-refractivity contribution is -0.191. The molecule has 0 aliphatic carbocycles. The first-order valence-corrected chi connectivity index (χ1v) is 8.05. The molecule has 2 heterocycles. The maximum absolute atomic E-state index is 14.2. The van der Waals surface area contributed by atoms with Crippen molar-refractivity contribution in [3.8, 4) is 17.0 Å². The fourth-order valence-corrected chi connectivity index (χ4v) is 3.17. The Morgan fingerprint density at radius 2 is 2.04 bits per heavy atom. The lowest BCUT2D eigenvalue weighted by Crippen LogP contribution is -2.46. The van der Waals surface area contributed by atoms with Crippen LogP contribution in [-0.4, -0.2) is 34.9 Å². The van der Waals surface area contributed by atoms with Crippen LogP contribution in [0.5, 0.6) is 5.88 Å². The van der Waals surface area contributed by atoms with E-state index in [4.69, 9.17) is 4.74 Å². The number of ether oxygens (including phenoxy) is 2. The van der Waals surface area contributed by atoms with Gasteiger partial charge in [0.25, 0.3) is 0 Å². The van der Waals surface area contributed by atoms with Crippen molar-refractivity contribution >= 4 is 5.97 Å². The number of alkyl halides is 2. The average Bonchev–Trinajstić information content (AvgIpc) is 2.62. The largest absolute Gasteiger partial charge is 0.481 e. The number of carboxylic acid groups (broad SMARTS) is 1. The van der Waals surface area contributed by atoms with Gasteiger partial charge in [0, 0.05) is 17.3 Å². The van der Waals surface area contributed by atoms with Crippen LogP contribution in [0.25, 0.3) is 11.1 Å². The van der Waals surface area contributed by atoms with Crippen LogP contribution < -0.4 is 4.74 Å². The molecule has 0 amide bonds. The number of benzene rings is 1. The molecule has 27 heavy (non-hydrogen) atoms. The first kappa shape index (κ1) is 19.1. The van der Waals surface area contributed by atoms with Gasteiger partial charge < -0.3 is 14.6 Å². The molecule has 1 aliphatic rings. The predicted molar refractivity (Wildman–Crippen MR) is 85.4 cm³/mol. The van der Waals surface area contributed by atoms with Crippen molar-refractivity contribution in [2.45, 2.75) is 32.2 Å². The second-order valence-corrected chi connectivity index (χ2v) is 6.08. The summed E-state index contributed by atoms with van der Waals surface area (Å²) in [7, 11) is 0. The van der Waals surface area contributed by atoms with Crippen LogP contribution in [0.15, 0.2) is 30.5 Å². The molecular formula is C18H15F4NO4. The quantitative estimate of drug-likeness (QED) is 0.796. The van der Waals surface area contributed by atoms with Gasteiger partial charge >= 0.3 is 12.6 Å². The zero-order valence-electron chi connectivity index (χ0n) is 14.0. The van der Waals surface area contributed by atoms with Gasteiger partial charge in [-0.15, -0.1) is 0 Å². The molecule has 2 unspecified atom stereocenters. The number of fused-ring (bicyclic) bond motifs is 1. The number of halogens is 4. The molecule has 3 atom stereocenters. The number of aliphatic carboxylic acids is 1. The first-order chi connectivity index (χ1) is 12.8. The Labute approximate surface area is 151 Å². The van der Waals surface area contributed by atoms with Gasteiger partial charge in [-0.1, -0.05) is 12.1 Å². The Kier molecular flexibility index (Phi) is 5.31. The second-order valence-electron chi connectivity index (χ2n) is 6.08. The minimum Gasteiger partial charge on any atom is -0.481 e. The summed E-state index contributed by atoms with van der Waals surface area (Å²) < 4.78 is 62.7. The molecular weight excluding hydrogens is 370 g/mol. The van der Waals surface area contributed by atoms with Crippen LogP contribution in [-0.2, 0) is 16.0 Å². The summed E-state index contributed by atoms with van der Waals surface area (Å²) in [4.78, 5) is 15.6. The number of pyridine rings is 1. The number of hydrogen-bond donors (Lipinski definition) is 1. The maximum atomic E-state index is 14.2. The maximum Gasteiger partial charge on any atom is 0.345 e. The summed E-state index contributed by atoms with van der Waals surface area (Å²) in [5.41, 5.74) is 0.413. The average molecular weight is 385 g/mol. The molecule has 0 fully saturated rings. The van der Waals surface area contributed by atoms with E-state index in [-0.39, 0.29) is 29.0 Å². The lowest BCUT2D eigenvalue weighted by Gasteiger charge is -2.34. The molecule has 144 valence electrons. The van der Waals surface area contributed by atoms with Gasteiger partial charge in [-0.3, -0.25) is 4.79 Å². The van der Waals surface area contributed by atoms with Crippen molar-refractivity contribution in [1.29, 1.82) is 0 Å². The molecule has 3 rings (SSSR count). The van der Waals surface area contributed by atoms with Crippen molar-refractivity contribution in [3.05, 3.63) is 47.7 Å². The van der Waals surface area contributed by atoms with E-state index < -0.39 is 42.3 Å². The minimum atomic E-state index is -3.10. The fourth-order valence-electron chi connectivity index (χ4n) is 3.17. The number of aromatic nitrogens is 1. The molecule has 0 spiro atoms.